The van der Waals surface area contributed by atoms with Crippen LogP contribution < -0.4 is 11.5 Å². The van der Waals surface area contributed by atoms with Crippen molar-refractivity contribution in [2.75, 3.05) is 11.5 Å². The number of benzene rings is 2. The molecule has 0 saturated carbocycles. The first-order valence-corrected chi connectivity index (χ1v) is 5.09. The number of hydrogen-bond donors (Lipinski definition) is 2. The first-order chi connectivity index (χ1) is 7.77. The molecule has 3 nitrogen and oxygen atoms in total. The quantitative estimate of drug-likeness (QED) is 0.441. The van der Waals surface area contributed by atoms with Gasteiger partial charge in [-0.05, 0) is 29.7 Å². The van der Waals surface area contributed by atoms with Crippen LogP contribution in [0.2, 0.25) is 0 Å². The summed E-state index contributed by atoms with van der Waals surface area (Å²) in [6, 6.07) is 11.6. The van der Waals surface area contributed by atoms with Crippen LogP contribution in [-0.2, 0) is 0 Å². The molecule has 0 aliphatic carbocycles. The fraction of sp³-hybridized carbons (Fsp3) is 0. The van der Waals surface area contributed by atoms with Crippen molar-refractivity contribution in [2.45, 2.75) is 0 Å². The number of aromatic nitrogens is 1. The van der Waals surface area contributed by atoms with Crippen molar-refractivity contribution in [1.29, 1.82) is 0 Å². The maximum absolute atomic E-state index is 5.99. The first kappa shape index (κ1) is 8.97. The van der Waals surface area contributed by atoms with Crippen LogP contribution in [-0.4, -0.2) is 4.98 Å². The van der Waals surface area contributed by atoms with E-state index in [2.05, 4.69) is 4.98 Å². The zero-order valence-electron chi connectivity index (χ0n) is 8.64. The first-order valence-electron chi connectivity index (χ1n) is 5.09. The summed E-state index contributed by atoms with van der Waals surface area (Å²) < 4.78 is 0. The monoisotopic (exact) mass is 209 g/mol. The summed E-state index contributed by atoms with van der Waals surface area (Å²) in [6.07, 6.45) is 1.76. The number of nitrogens with zero attached hydrogens (tertiary/aromatic N) is 1. The van der Waals surface area contributed by atoms with Crippen LogP contribution in [0.3, 0.4) is 0 Å². The molecule has 1 heterocycles. The largest absolute Gasteiger partial charge is 0.398 e. The molecule has 0 bridgehead atoms. The van der Waals surface area contributed by atoms with Crippen LogP contribution in [0.5, 0.6) is 0 Å². The maximum atomic E-state index is 5.99. The molecule has 0 spiro atoms. The highest BCUT2D eigenvalue weighted by Crippen LogP contribution is 2.31. The highest BCUT2D eigenvalue weighted by molar-refractivity contribution is 6.14. The third-order valence-corrected chi connectivity index (χ3v) is 2.80. The highest BCUT2D eigenvalue weighted by atomic mass is 14.7. The van der Waals surface area contributed by atoms with Crippen molar-refractivity contribution in [3.63, 3.8) is 0 Å². The molecule has 0 aliphatic rings. The van der Waals surface area contributed by atoms with Gasteiger partial charge in [-0.15, -0.1) is 0 Å². The van der Waals surface area contributed by atoms with Gasteiger partial charge < -0.3 is 11.5 Å². The van der Waals surface area contributed by atoms with Crippen molar-refractivity contribution in [2.24, 2.45) is 0 Å². The summed E-state index contributed by atoms with van der Waals surface area (Å²) in [5.74, 6) is 0. The lowest BCUT2D eigenvalue weighted by Crippen LogP contribution is -1.93. The summed E-state index contributed by atoms with van der Waals surface area (Å²) in [7, 11) is 0. The fourth-order valence-electron chi connectivity index (χ4n) is 2.07. The predicted octanol–water partition coefficient (Wildman–Crippen LogP) is 2.55. The van der Waals surface area contributed by atoms with E-state index in [1.54, 1.807) is 6.20 Å². The Hall–Kier alpha value is -2.29. The van der Waals surface area contributed by atoms with Gasteiger partial charge in [0, 0.05) is 28.3 Å². The van der Waals surface area contributed by atoms with Gasteiger partial charge in [0.05, 0.1) is 5.52 Å². The summed E-state index contributed by atoms with van der Waals surface area (Å²) in [5.41, 5.74) is 14.3. The normalized spacial score (nSPS) is 11.0. The number of rotatable bonds is 0. The Kier molecular flexibility index (Phi) is 1.74. The lowest BCUT2D eigenvalue weighted by atomic mass is 10.0. The van der Waals surface area contributed by atoms with E-state index >= 15 is 0 Å². The standard InChI is InChI=1S/C13H11N3/c14-10-5-1-3-8-7-11(15)9-4-2-6-16-13(9)12(8)10/h1-7H,14-15H2. The van der Waals surface area contributed by atoms with Crippen LogP contribution in [0.15, 0.2) is 42.6 Å². The molecule has 0 aliphatic heterocycles. The molecule has 3 heteroatoms. The van der Waals surface area contributed by atoms with Gasteiger partial charge in [0.2, 0.25) is 0 Å². The van der Waals surface area contributed by atoms with E-state index in [0.717, 1.165) is 33.1 Å². The van der Waals surface area contributed by atoms with E-state index in [1.165, 1.54) is 0 Å². The lowest BCUT2D eigenvalue weighted by molar-refractivity contribution is 1.43. The Bertz CT molecular complexity index is 689. The molecule has 1 aromatic heterocycles. The number of fused-ring (bicyclic) bond motifs is 3. The summed E-state index contributed by atoms with van der Waals surface area (Å²) in [6.45, 7) is 0. The number of hydrogen-bond acceptors (Lipinski definition) is 3. The molecule has 0 radical (unpaired) electrons. The number of anilines is 2. The Morgan fingerprint density at radius 2 is 1.81 bits per heavy atom. The lowest BCUT2D eigenvalue weighted by Gasteiger charge is -2.08. The van der Waals surface area contributed by atoms with Gasteiger partial charge >= 0.3 is 0 Å². The summed E-state index contributed by atoms with van der Waals surface area (Å²) >= 11 is 0. The van der Waals surface area contributed by atoms with Crippen LogP contribution in [0.25, 0.3) is 21.7 Å². The Labute approximate surface area is 92.7 Å². The van der Waals surface area contributed by atoms with Crippen molar-refractivity contribution < 1.29 is 0 Å². The van der Waals surface area contributed by atoms with Crippen LogP contribution >= 0.6 is 0 Å². The van der Waals surface area contributed by atoms with Gasteiger partial charge in [-0.1, -0.05) is 12.1 Å². The van der Waals surface area contributed by atoms with Crippen molar-refractivity contribution in [1.82, 2.24) is 4.98 Å². The minimum Gasteiger partial charge on any atom is -0.398 e. The van der Waals surface area contributed by atoms with E-state index in [-0.39, 0.29) is 0 Å². The van der Waals surface area contributed by atoms with E-state index in [1.807, 2.05) is 36.4 Å². The molecule has 3 rings (SSSR count). The van der Waals surface area contributed by atoms with Crippen molar-refractivity contribution >= 4 is 33.1 Å². The van der Waals surface area contributed by atoms with E-state index in [4.69, 9.17) is 11.5 Å². The predicted molar refractivity (Wildman–Crippen MR) is 68.1 cm³/mol. The van der Waals surface area contributed by atoms with E-state index in [9.17, 15) is 0 Å². The molecule has 16 heavy (non-hydrogen) atoms. The molecular weight excluding hydrogens is 198 g/mol. The molecule has 0 amide bonds. The molecule has 4 N–H and O–H groups in total. The second-order valence-electron chi connectivity index (χ2n) is 3.81. The van der Waals surface area contributed by atoms with Gasteiger partial charge in [0.15, 0.2) is 0 Å². The van der Waals surface area contributed by atoms with E-state index in [0.29, 0.717) is 0 Å². The molecule has 0 atom stereocenters. The van der Waals surface area contributed by atoms with Gasteiger partial charge in [0.25, 0.3) is 0 Å². The van der Waals surface area contributed by atoms with Gasteiger partial charge in [-0.3, -0.25) is 4.98 Å². The van der Waals surface area contributed by atoms with Gasteiger partial charge in [0.1, 0.15) is 0 Å². The topological polar surface area (TPSA) is 64.9 Å². The van der Waals surface area contributed by atoms with Crippen LogP contribution in [0.4, 0.5) is 11.4 Å². The Morgan fingerprint density at radius 3 is 2.69 bits per heavy atom. The minimum atomic E-state index is 0.737. The smallest absolute Gasteiger partial charge is 0.0821 e. The molecule has 0 saturated heterocycles. The summed E-state index contributed by atoms with van der Waals surface area (Å²) in [5, 5.41) is 2.96. The molecule has 2 aromatic carbocycles. The average Bonchev–Trinajstić information content (AvgIpc) is 2.29. The fourth-order valence-corrected chi connectivity index (χ4v) is 2.07. The van der Waals surface area contributed by atoms with Crippen LogP contribution in [0.1, 0.15) is 0 Å². The third-order valence-electron chi connectivity index (χ3n) is 2.80. The Balaban J connectivity index is 2.67. The second-order valence-corrected chi connectivity index (χ2v) is 3.81. The number of pyridine rings is 1. The summed E-state index contributed by atoms with van der Waals surface area (Å²) in [4.78, 5) is 4.37. The number of nitrogens with two attached hydrogens (primary N) is 2. The Morgan fingerprint density at radius 1 is 0.938 bits per heavy atom. The molecule has 0 unspecified atom stereocenters. The molecular formula is C13H11N3. The maximum Gasteiger partial charge on any atom is 0.0821 e. The second kappa shape index (κ2) is 3.10. The van der Waals surface area contributed by atoms with E-state index < -0.39 is 0 Å². The SMILES string of the molecule is Nc1cc2cccc(N)c2c2ncccc12. The third kappa shape index (κ3) is 1.11. The number of nitrogen functional groups attached to an aromatic ring is 2. The molecule has 3 aromatic rings. The highest BCUT2D eigenvalue weighted by Gasteiger charge is 2.07. The van der Waals surface area contributed by atoms with Crippen LogP contribution in [0, 0.1) is 0 Å². The van der Waals surface area contributed by atoms with Crippen molar-refractivity contribution in [3.8, 4) is 0 Å². The average molecular weight is 209 g/mol. The zero-order valence-corrected chi connectivity index (χ0v) is 8.64. The van der Waals surface area contributed by atoms with Crippen molar-refractivity contribution in [3.05, 3.63) is 42.6 Å². The van der Waals surface area contributed by atoms with Gasteiger partial charge in [-0.2, -0.15) is 0 Å². The van der Waals surface area contributed by atoms with Gasteiger partial charge in [-0.25, -0.2) is 0 Å². The molecule has 78 valence electrons. The molecule has 0 fully saturated rings. The minimum absolute atomic E-state index is 0.737. The zero-order chi connectivity index (χ0) is 11.1.